The molecule has 0 unspecified atom stereocenters. The zero-order chi connectivity index (χ0) is 23.3. The molecule has 1 aliphatic rings. The van der Waals surface area contributed by atoms with Crippen LogP contribution in [0.2, 0.25) is 0 Å². The molecule has 34 heavy (non-hydrogen) atoms. The Kier molecular flexibility index (Phi) is 6.38. The number of para-hydroxylation sites is 2. The van der Waals surface area contributed by atoms with Gasteiger partial charge >= 0.3 is 0 Å². The van der Waals surface area contributed by atoms with Gasteiger partial charge in [0.05, 0.1) is 5.52 Å². The van der Waals surface area contributed by atoms with Crippen molar-refractivity contribution in [2.45, 2.75) is 44.7 Å². The molecule has 1 aliphatic carbocycles. The van der Waals surface area contributed by atoms with Gasteiger partial charge in [-0.1, -0.05) is 36.4 Å². The van der Waals surface area contributed by atoms with Gasteiger partial charge in [0.1, 0.15) is 17.1 Å². The number of hydrogen-bond donors (Lipinski definition) is 2. The van der Waals surface area contributed by atoms with Gasteiger partial charge in [0.2, 0.25) is 5.88 Å². The number of aromatic nitrogens is 2. The number of ether oxygens (including phenoxy) is 1. The third-order valence-electron chi connectivity index (χ3n) is 6.31. The molecule has 2 aromatic carbocycles. The van der Waals surface area contributed by atoms with Crippen LogP contribution >= 0.6 is 0 Å². The molecule has 0 atom stereocenters. The van der Waals surface area contributed by atoms with E-state index in [0.717, 1.165) is 37.0 Å². The van der Waals surface area contributed by atoms with E-state index in [1.807, 2.05) is 48.5 Å². The Morgan fingerprint density at radius 3 is 2.47 bits per heavy atom. The number of rotatable bonds is 6. The number of carbonyl (C=O) groups excluding carboxylic acids is 1. The second kappa shape index (κ2) is 9.91. The zero-order valence-corrected chi connectivity index (χ0v) is 19.2. The van der Waals surface area contributed by atoms with Crippen molar-refractivity contribution >= 4 is 22.6 Å². The Labute approximate surface area is 199 Å². The van der Waals surface area contributed by atoms with Gasteiger partial charge in [0.15, 0.2) is 0 Å². The Morgan fingerprint density at radius 2 is 1.65 bits per heavy atom. The first kappa shape index (κ1) is 21.9. The van der Waals surface area contributed by atoms with Crippen LogP contribution in [-0.4, -0.2) is 28.0 Å². The lowest BCUT2D eigenvalue weighted by molar-refractivity contribution is 0.0923. The van der Waals surface area contributed by atoms with Crippen LogP contribution in [0.4, 0.5) is 5.82 Å². The lowest BCUT2D eigenvalue weighted by Gasteiger charge is -2.30. The van der Waals surface area contributed by atoms with Crippen LogP contribution in [0, 0.1) is 6.92 Å². The molecular formula is C28H28N4O2. The molecule has 6 heteroatoms. The van der Waals surface area contributed by atoms with Gasteiger partial charge in [0, 0.05) is 23.7 Å². The number of anilines is 1. The number of aryl methyl sites for hydroxylation is 1. The molecule has 2 N–H and O–H groups in total. The lowest BCUT2D eigenvalue weighted by atomic mass is 9.91. The molecule has 5 rings (SSSR count). The van der Waals surface area contributed by atoms with Crippen LogP contribution < -0.4 is 15.4 Å². The first-order valence-electron chi connectivity index (χ1n) is 11.8. The highest BCUT2D eigenvalue weighted by molar-refractivity contribution is 5.96. The number of nitrogens with one attached hydrogen (secondary N) is 2. The summed E-state index contributed by atoms with van der Waals surface area (Å²) in [7, 11) is 0. The molecule has 2 aromatic heterocycles. The van der Waals surface area contributed by atoms with Crippen molar-refractivity contribution in [3.05, 3.63) is 90.1 Å². The van der Waals surface area contributed by atoms with E-state index in [1.165, 1.54) is 10.9 Å². The standard InChI is InChI=1S/C28H28N4O2/c1-19-18-26(32-25-12-6-5-10-23(19)25)30-20-13-15-21(16-14-20)31-27(33)24-11-7-17-29-28(24)34-22-8-3-2-4-9-22/h2-12,17-18,20-21H,13-16H2,1H3,(H,30,32)(H,31,33). The largest absolute Gasteiger partial charge is 0.438 e. The van der Waals surface area contributed by atoms with E-state index in [9.17, 15) is 4.79 Å². The summed E-state index contributed by atoms with van der Waals surface area (Å²) in [5, 5.41) is 7.96. The topological polar surface area (TPSA) is 76.1 Å². The van der Waals surface area contributed by atoms with Gasteiger partial charge in [-0.3, -0.25) is 4.79 Å². The van der Waals surface area contributed by atoms with E-state index in [0.29, 0.717) is 23.2 Å². The molecule has 172 valence electrons. The fourth-order valence-electron chi connectivity index (χ4n) is 4.52. The molecule has 2 heterocycles. The summed E-state index contributed by atoms with van der Waals surface area (Å²) in [6, 6.07) is 23.7. The number of amides is 1. The Hall–Kier alpha value is -3.93. The molecule has 0 radical (unpaired) electrons. The van der Waals surface area contributed by atoms with Crippen LogP contribution in [0.5, 0.6) is 11.6 Å². The molecule has 1 amide bonds. The van der Waals surface area contributed by atoms with Crippen molar-refractivity contribution in [2.24, 2.45) is 0 Å². The summed E-state index contributed by atoms with van der Waals surface area (Å²) >= 11 is 0. The predicted octanol–water partition coefficient (Wildman–Crippen LogP) is 5.88. The maximum absolute atomic E-state index is 13.0. The van der Waals surface area contributed by atoms with Gasteiger partial charge in [-0.05, 0) is 74.6 Å². The minimum Gasteiger partial charge on any atom is -0.438 e. The summed E-state index contributed by atoms with van der Waals surface area (Å²) in [6.45, 7) is 2.12. The number of benzene rings is 2. The zero-order valence-electron chi connectivity index (χ0n) is 19.2. The smallest absolute Gasteiger partial charge is 0.257 e. The van der Waals surface area contributed by atoms with E-state index in [-0.39, 0.29) is 11.9 Å². The number of carbonyl (C=O) groups is 1. The minimum atomic E-state index is -0.151. The predicted molar refractivity (Wildman–Crippen MR) is 134 cm³/mol. The average molecular weight is 453 g/mol. The minimum absolute atomic E-state index is 0.127. The Bertz CT molecular complexity index is 1280. The van der Waals surface area contributed by atoms with E-state index in [1.54, 1.807) is 18.3 Å². The number of fused-ring (bicyclic) bond motifs is 1. The fraction of sp³-hybridized carbons (Fsp3) is 0.250. The first-order chi connectivity index (χ1) is 16.7. The number of pyridine rings is 2. The molecule has 1 saturated carbocycles. The molecule has 1 fully saturated rings. The monoisotopic (exact) mass is 452 g/mol. The van der Waals surface area contributed by atoms with Crippen LogP contribution in [-0.2, 0) is 0 Å². The van der Waals surface area contributed by atoms with E-state index >= 15 is 0 Å². The SMILES string of the molecule is Cc1cc(NC2CCC(NC(=O)c3cccnc3Oc3ccccc3)CC2)nc2ccccc12. The Morgan fingerprint density at radius 1 is 0.912 bits per heavy atom. The quantitative estimate of drug-likeness (QED) is 0.382. The Balaban J connectivity index is 1.18. The fourth-order valence-corrected chi connectivity index (χ4v) is 4.52. The third-order valence-corrected chi connectivity index (χ3v) is 6.31. The van der Waals surface area contributed by atoms with Crippen LogP contribution in [0.3, 0.4) is 0 Å². The van der Waals surface area contributed by atoms with Gasteiger partial charge < -0.3 is 15.4 Å². The van der Waals surface area contributed by atoms with Crippen LogP contribution in [0.25, 0.3) is 10.9 Å². The highest BCUT2D eigenvalue weighted by atomic mass is 16.5. The average Bonchev–Trinajstić information content (AvgIpc) is 2.86. The molecule has 0 bridgehead atoms. The maximum atomic E-state index is 13.0. The summed E-state index contributed by atoms with van der Waals surface area (Å²) in [5.41, 5.74) is 2.68. The normalized spacial score (nSPS) is 17.8. The first-order valence-corrected chi connectivity index (χ1v) is 11.8. The van der Waals surface area contributed by atoms with Crippen molar-refractivity contribution < 1.29 is 9.53 Å². The lowest BCUT2D eigenvalue weighted by Crippen LogP contribution is -2.40. The van der Waals surface area contributed by atoms with E-state index in [4.69, 9.17) is 9.72 Å². The van der Waals surface area contributed by atoms with E-state index < -0.39 is 0 Å². The summed E-state index contributed by atoms with van der Waals surface area (Å²) in [4.78, 5) is 22.1. The van der Waals surface area contributed by atoms with Gasteiger partial charge in [0.25, 0.3) is 5.91 Å². The second-order valence-corrected chi connectivity index (χ2v) is 8.78. The van der Waals surface area contributed by atoms with Gasteiger partial charge in [-0.2, -0.15) is 0 Å². The van der Waals surface area contributed by atoms with Gasteiger partial charge in [-0.15, -0.1) is 0 Å². The maximum Gasteiger partial charge on any atom is 0.257 e. The molecule has 4 aromatic rings. The van der Waals surface area contributed by atoms with Crippen LogP contribution in [0.1, 0.15) is 41.6 Å². The van der Waals surface area contributed by atoms with Gasteiger partial charge in [-0.25, -0.2) is 9.97 Å². The van der Waals surface area contributed by atoms with Crippen molar-refractivity contribution in [2.75, 3.05) is 5.32 Å². The van der Waals surface area contributed by atoms with Crippen molar-refractivity contribution in [1.82, 2.24) is 15.3 Å². The molecule has 0 spiro atoms. The molecule has 0 aliphatic heterocycles. The van der Waals surface area contributed by atoms with Crippen molar-refractivity contribution in [1.29, 1.82) is 0 Å². The third kappa shape index (κ3) is 5.01. The molecule has 6 nitrogen and oxygen atoms in total. The molecule has 0 saturated heterocycles. The number of nitrogens with zero attached hydrogens (tertiary/aromatic N) is 2. The highest BCUT2D eigenvalue weighted by Crippen LogP contribution is 2.26. The highest BCUT2D eigenvalue weighted by Gasteiger charge is 2.24. The second-order valence-electron chi connectivity index (χ2n) is 8.78. The summed E-state index contributed by atoms with van der Waals surface area (Å²) in [6.07, 6.45) is 5.39. The summed E-state index contributed by atoms with van der Waals surface area (Å²) in [5.74, 6) is 1.74. The summed E-state index contributed by atoms with van der Waals surface area (Å²) < 4.78 is 5.85. The van der Waals surface area contributed by atoms with Crippen molar-refractivity contribution in [3.63, 3.8) is 0 Å². The van der Waals surface area contributed by atoms with E-state index in [2.05, 4.69) is 34.7 Å². The molecular weight excluding hydrogens is 424 g/mol. The van der Waals surface area contributed by atoms with Crippen LogP contribution in [0.15, 0.2) is 79.0 Å². The van der Waals surface area contributed by atoms with Crippen molar-refractivity contribution in [3.8, 4) is 11.6 Å². The number of hydrogen-bond acceptors (Lipinski definition) is 5.